The summed E-state index contributed by atoms with van der Waals surface area (Å²) in [5.74, 6) is 2.20. The molecule has 1 N–H and O–H groups in total. The van der Waals surface area contributed by atoms with Crippen molar-refractivity contribution in [1.29, 1.82) is 0 Å². The molecule has 1 aliphatic heterocycles. The Bertz CT molecular complexity index is 634. The molecule has 0 aromatic heterocycles. The van der Waals surface area contributed by atoms with Crippen LogP contribution in [0, 0.1) is 5.92 Å². The number of methoxy groups -OCH3 is 2. The highest BCUT2D eigenvalue weighted by molar-refractivity contribution is 6.30. The van der Waals surface area contributed by atoms with Gasteiger partial charge in [-0.1, -0.05) is 11.6 Å². The third-order valence-corrected chi connectivity index (χ3v) is 5.46. The smallest absolute Gasteiger partial charge is 0.220 e. The first kappa shape index (κ1) is 19.3. The van der Waals surface area contributed by atoms with Crippen LogP contribution in [0.4, 0.5) is 0 Å². The van der Waals surface area contributed by atoms with Crippen LogP contribution in [-0.2, 0) is 11.3 Å². The minimum absolute atomic E-state index is 0.214. The van der Waals surface area contributed by atoms with Crippen LogP contribution in [-0.4, -0.2) is 44.2 Å². The van der Waals surface area contributed by atoms with E-state index in [9.17, 15) is 4.79 Å². The van der Waals surface area contributed by atoms with E-state index in [1.54, 1.807) is 20.3 Å². The van der Waals surface area contributed by atoms with Gasteiger partial charge in [-0.25, -0.2) is 0 Å². The normalized spacial score (nSPS) is 20.7. The molecular weight excluding hydrogens is 352 g/mol. The molecular formula is C20H29ClN2O3. The average molecular weight is 381 g/mol. The van der Waals surface area contributed by atoms with E-state index < -0.39 is 0 Å². The number of piperidine rings is 1. The molecule has 144 valence electrons. The van der Waals surface area contributed by atoms with E-state index in [4.69, 9.17) is 21.1 Å². The molecule has 0 spiro atoms. The average Bonchev–Trinajstić information content (AvgIpc) is 3.44. The van der Waals surface area contributed by atoms with Crippen LogP contribution in [0.15, 0.2) is 12.1 Å². The van der Waals surface area contributed by atoms with Crippen molar-refractivity contribution < 1.29 is 14.3 Å². The van der Waals surface area contributed by atoms with E-state index >= 15 is 0 Å². The van der Waals surface area contributed by atoms with Gasteiger partial charge in [0.2, 0.25) is 5.91 Å². The Hall–Kier alpha value is -1.46. The molecule has 1 aromatic rings. The van der Waals surface area contributed by atoms with Crippen molar-refractivity contribution in [3.05, 3.63) is 22.7 Å². The Balaban J connectivity index is 1.56. The van der Waals surface area contributed by atoms with Crippen LogP contribution in [0.25, 0.3) is 0 Å². The molecule has 1 aromatic carbocycles. The van der Waals surface area contributed by atoms with Crippen LogP contribution in [0.5, 0.6) is 11.5 Å². The highest BCUT2D eigenvalue weighted by Crippen LogP contribution is 2.36. The lowest BCUT2D eigenvalue weighted by Gasteiger charge is -2.33. The number of nitrogens with zero attached hydrogens (tertiary/aromatic N) is 1. The maximum atomic E-state index is 11.9. The van der Waals surface area contributed by atoms with E-state index in [0.717, 1.165) is 56.6 Å². The summed E-state index contributed by atoms with van der Waals surface area (Å²) in [6.07, 6.45) is 6.26. The minimum Gasteiger partial charge on any atom is -0.493 e. The third kappa shape index (κ3) is 5.27. The number of hydrogen-bond acceptors (Lipinski definition) is 4. The van der Waals surface area contributed by atoms with Gasteiger partial charge in [-0.05, 0) is 50.6 Å². The topological polar surface area (TPSA) is 50.8 Å². The molecule has 1 atom stereocenters. The lowest BCUT2D eigenvalue weighted by atomic mass is 9.93. The van der Waals surface area contributed by atoms with Crippen molar-refractivity contribution >= 4 is 17.5 Å². The SMILES string of the molecule is COc1cc(Cl)cc(CN2CCCC(CCC(=O)NC3CC3)C2)c1OC. The molecule has 0 radical (unpaired) electrons. The molecule has 1 saturated carbocycles. The third-order valence-electron chi connectivity index (χ3n) is 5.24. The molecule has 6 heteroatoms. The number of benzene rings is 1. The van der Waals surface area contributed by atoms with Crippen LogP contribution >= 0.6 is 11.6 Å². The Morgan fingerprint density at radius 2 is 2.08 bits per heavy atom. The molecule has 1 heterocycles. The number of hydrogen-bond donors (Lipinski definition) is 1. The molecule has 0 bridgehead atoms. The minimum atomic E-state index is 0.214. The second-order valence-electron chi connectivity index (χ2n) is 7.42. The summed E-state index contributed by atoms with van der Waals surface area (Å²) in [5.41, 5.74) is 1.05. The summed E-state index contributed by atoms with van der Waals surface area (Å²) in [6, 6.07) is 4.19. The molecule has 1 saturated heterocycles. The van der Waals surface area contributed by atoms with E-state index in [2.05, 4.69) is 10.2 Å². The number of ether oxygens (including phenoxy) is 2. The lowest BCUT2D eigenvalue weighted by molar-refractivity contribution is -0.121. The first-order chi connectivity index (χ1) is 12.6. The monoisotopic (exact) mass is 380 g/mol. The highest BCUT2D eigenvalue weighted by Gasteiger charge is 2.25. The Morgan fingerprint density at radius 1 is 1.27 bits per heavy atom. The van der Waals surface area contributed by atoms with Crippen molar-refractivity contribution in [2.45, 2.75) is 51.1 Å². The molecule has 1 amide bonds. The van der Waals surface area contributed by atoms with Crippen molar-refractivity contribution in [3.8, 4) is 11.5 Å². The zero-order chi connectivity index (χ0) is 18.5. The van der Waals surface area contributed by atoms with Gasteiger partial charge in [0.15, 0.2) is 11.5 Å². The van der Waals surface area contributed by atoms with E-state index in [-0.39, 0.29) is 5.91 Å². The maximum absolute atomic E-state index is 11.9. The van der Waals surface area contributed by atoms with Crippen molar-refractivity contribution in [3.63, 3.8) is 0 Å². The summed E-state index contributed by atoms with van der Waals surface area (Å²) in [7, 11) is 3.29. The van der Waals surface area contributed by atoms with Gasteiger partial charge in [-0.15, -0.1) is 0 Å². The molecule has 5 nitrogen and oxygen atoms in total. The molecule has 1 aliphatic carbocycles. The number of carbonyl (C=O) groups excluding carboxylic acids is 1. The quantitative estimate of drug-likeness (QED) is 0.748. The van der Waals surface area contributed by atoms with Gasteiger partial charge in [0.1, 0.15) is 0 Å². The standard InChI is InChI=1S/C20H29ClN2O3/c1-25-18-11-16(21)10-15(20(18)26-2)13-23-9-3-4-14(12-23)5-8-19(24)22-17-6-7-17/h10-11,14,17H,3-9,12-13H2,1-2H3,(H,22,24). The van der Waals surface area contributed by atoms with Gasteiger partial charge in [-0.3, -0.25) is 9.69 Å². The first-order valence-corrected chi connectivity index (χ1v) is 9.89. The fourth-order valence-corrected chi connectivity index (χ4v) is 3.99. The van der Waals surface area contributed by atoms with Crippen LogP contribution < -0.4 is 14.8 Å². The van der Waals surface area contributed by atoms with Crippen LogP contribution in [0.2, 0.25) is 5.02 Å². The number of amides is 1. The summed E-state index contributed by atoms with van der Waals surface area (Å²) in [5, 5.41) is 3.74. The second-order valence-corrected chi connectivity index (χ2v) is 7.86. The van der Waals surface area contributed by atoms with Gasteiger partial charge < -0.3 is 14.8 Å². The van der Waals surface area contributed by atoms with Crippen molar-refractivity contribution in [2.75, 3.05) is 27.3 Å². The van der Waals surface area contributed by atoms with E-state index in [1.165, 1.54) is 6.42 Å². The summed E-state index contributed by atoms with van der Waals surface area (Å²) in [4.78, 5) is 14.4. The number of carbonyl (C=O) groups is 1. The lowest BCUT2D eigenvalue weighted by Crippen LogP contribution is -2.35. The largest absolute Gasteiger partial charge is 0.493 e. The van der Waals surface area contributed by atoms with E-state index in [1.807, 2.05) is 6.07 Å². The van der Waals surface area contributed by atoms with Gasteiger partial charge in [-0.2, -0.15) is 0 Å². The van der Waals surface area contributed by atoms with Gasteiger partial charge in [0.25, 0.3) is 0 Å². The number of halogens is 1. The molecule has 2 fully saturated rings. The van der Waals surface area contributed by atoms with Crippen LogP contribution in [0.3, 0.4) is 0 Å². The Labute approximate surface area is 161 Å². The number of nitrogens with one attached hydrogen (secondary N) is 1. The Kier molecular flexibility index (Phi) is 6.65. The molecule has 2 aliphatic rings. The summed E-state index contributed by atoms with van der Waals surface area (Å²) < 4.78 is 10.9. The van der Waals surface area contributed by atoms with Crippen molar-refractivity contribution in [1.82, 2.24) is 10.2 Å². The Morgan fingerprint density at radius 3 is 2.77 bits per heavy atom. The summed E-state index contributed by atoms with van der Waals surface area (Å²) in [6.45, 7) is 2.85. The number of likely N-dealkylation sites (tertiary alicyclic amines) is 1. The predicted molar refractivity (Wildman–Crippen MR) is 103 cm³/mol. The highest BCUT2D eigenvalue weighted by atomic mass is 35.5. The molecule has 3 rings (SSSR count). The number of rotatable bonds is 8. The molecule has 1 unspecified atom stereocenters. The fraction of sp³-hybridized carbons (Fsp3) is 0.650. The van der Waals surface area contributed by atoms with Gasteiger partial charge in [0.05, 0.1) is 14.2 Å². The van der Waals surface area contributed by atoms with Crippen LogP contribution in [0.1, 0.15) is 44.1 Å². The van der Waals surface area contributed by atoms with Gasteiger partial charge >= 0.3 is 0 Å². The summed E-state index contributed by atoms with van der Waals surface area (Å²) >= 11 is 6.24. The van der Waals surface area contributed by atoms with Crippen molar-refractivity contribution in [2.24, 2.45) is 5.92 Å². The predicted octanol–water partition coefficient (Wildman–Crippen LogP) is 3.63. The van der Waals surface area contributed by atoms with E-state index in [0.29, 0.717) is 29.2 Å². The molecule has 26 heavy (non-hydrogen) atoms. The second kappa shape index (κ2) is 8.96. The zero-order valence-electron chi connectivity index (χ0n) is 15.7. The first-order valence-electron chi connectivity index (χ1n) is 9.51. The zero-order valence-corrected chi connectivity index (χ0v) is 16.5. The van der Waals surface area contributed by atoms with Gasteiger partial charge in [0, 0.05) is 42.2 Å². The maximum Gasteiger partial charge on any atom is 0.220 e. The fourth-order valence-electron chi connectivity index (χ4n) is 3.76.